The standard InChI is InChI=1S/C19H19N3.2ClH/c1-2-5-14(6-3-1)15-8-10-16(11-9-15)18-13-21-19(22-18)17-7-4-12-20-17;;/h1-3,5-6,8-11,13,17,20H,4,7,12H2,(H,21,22);2*1H/t17-;;/m0../s1. The maximum absolute atomic E-state index is 4.54. The number of rotatable bonds is 3. The summed E-state index contributed by atoms with van der Waals surface area (Å²) in [5, 5.41) is 3.47. The lowest BCUT2D eigenvalue weighted by atomic mass is 10.0. The van der Waals surface area contributed by atoms with Crippen LogP contribution in [0.1, 0.15) is 24.7 Å². The lowest BCUT2D eigenvalue weighted by Gasteiger charge is -2.06. The molecule has 0 aliphatic carbocycles. The largest absolute Gasteiger partial charge is 0.341 e. The molecule has 1 fully saturated rings. The third kappa shape index (κ3) is 3.81. The highest BCUT2D eigenvalue weighted by atomic mass is 35.5. The van der Waals surface area contributed by atoms with Gasteiger partial charge in [0.15, 0.2) is 0 Å². The average Bonchev–Trinajstić information content (AvgIpc) is 3.27. The van der Waals surface area contributed by atoms with E-state index in [0.717, 1.165) is 18.1 Å². The van der Waals surface area contributed by atoms with Gasteiger partial charge in [0.1, 0.15) is 5.82 Å². The molecule has 0 bridgehead atoms. The van der Waals surface area contributed by atoms with Gasteiger partial charge in [-0.25, -0.2) is 4.98 Å². The Kier molecular flexibility index (Phi) is 6.44. The number of nitrogens with one attached hydrogen (secondary N) is 2. The van der Waals surface area contributed by atoms with Gasteiger partial charge in [0.25, 0.3) is 0 Å². The first kappa shape index (κ1) is 18.5. The summed E-state index contributed by atoms with van der Waals surface area (Å²) in [4.78, 5) is 7.99. The number of hydrogen-bond donors (Lipinski definition) is 2. The summed E-state index contributed by atoms with van der Waals surface area (Å²) >= 11 is 0. The summed E-state index contributed by atoms with van der Waals surface area (Å²) in [6.07, 6.45) is 4.33. The first-order valence-corrected chi connectivity index (χ1v) is 7.84. The molecule has 3 nitrogen and oxygen atoms in total. The normalized spacial score (nSPS) is 16.2. The van der Waals surface area contributed by atoms with Gasteiger partial charge < -0.3 is 10.3 Å². The molecule has 0 radical (unpaired) electrons. The summed E-state index contributed by atoms with van der Waals surface area (Å²) in [5.74, 6) is 1.06. The van der Waals surface area contributed by atoms with Gasteiger partial charge in [-0.15, -0.1) is 24.8 Å². The Balaban J connectivity index is 0.00000104. The third-order valence-corrected chi connectivity index (χ3v) is 4.29. The average molecular weight is 362 g/mol. The van der Waals surface area contributed by atoms with Crippen molar-refractivity contribution in [2.75, 3.05) is 6.54 Å². The van der Waals surface area contributed by atoms with Crippen molar-refractivity contribution in [1.82, 2.24) is 15.3 Å². The minimum atomic E-state index is 0. The molecule has 1 aromatic heterocycles. The summed E-state index contributed by atoms with van der Waals surface area (Å²) in [5.41, 5.74) is 4.75. The van der Waals surface area contributed by atoms with E-state index in [-0.39, 0.29) is 24.8 Å². The number of benzene rings is 2. The molecule has 2 heterocycles. The first-order valence-electron chi connectivity index (χ1n) is 7.84. The van der Waals surface area contributed by atoms with Crippen molar-refractivity contribution in [1.29, 1.82) is 0 Å². The lowest BCUT2D eigenvalue weighted by Crippen LogP contribution is -2.14. The number of imidazole rings is 1. The number of hydrogen-bond acceptors (Lipinski definition) is 2. The van der Waals surface area contributed by atoms with Gasteiger partial charge in [-0.3, -0.25) is 0 Å². The van der Waals surface area contributed by atoms with Gasteiger partial charge in [-0.1, -0.05) is 54.6 Å². The molecule has 0 spiro atoms. The predicted molar refractivity (Wildman–Crippen MR) is 104 cm³/mol. The van der Waals surface area contributed by atoms with E-state index < -0.39 is 0 Å². The highest BCUT2D eigenvalue weighted by molar-refractivity contribution is 5.85. The minimum absolute atomic E-state index is 0. The van der Waals surface area contributed by atoms with Crippen LogP contribution in [0.25, 0.3) is 22.4 Å². The molecule has 2 aromatic carbocycles. The van der Waals surface area contributed by atoms with E-state index in [4.69, 9.17) is 0 Å². The third-order valence-electron chi connectivity index (χ3n) is 4.29. The summed E-state index contributed by atoms with van der Waals surface area (Å²) in [6.45, 7) is 1.09. The van der Waals surface area contributed by atoms with Crippen molar-refractivity contribution in [2.24, 2.45) is 0 Å². The monoisotopic (exact) mass is 361 g/mol. The second-order valence-electron chi connectivity index (χ2n) is 5.77. The van der Waals surface area contributed by atoms with Crippen molar-refractivity contribution in [3.8, 4) is 22.4 Å². The van der Waals surface area contributed by atoms with Crippen LogP contribution in [0, 0.1) is 0 Å². The SMILES string of the molecule is Cl.Cl.c1ccc(-c2ccc(-c3cnc([C@@H]4CCCN4)[nH]3)cc2)cc1. The molecule has 1 aliphatic heterocycles. The Morgan fingerprint density at radius 1 is 0.833 bits per heavy atom. The topological polar surface area (TPSA) is 40.7 Å². The molecule has 1 aliphatic rings. The van der Waals surface area contributed by atoms with Crippen molar-refractivity contribution >= 4 is 24.8 Å². The Morgan fingerprint density at radius 2 is 1.50 bits per heavy atom. The van der Waals surface area contributed by atoms with E-state index in [2.05, 4.69) is 63.8 Å². The zero-order valence-corrected chi connectivity index (χ0v) is 14.9. The molecule has 0 saturated carbocycles. The Morgan fingerprint density at radius 3 is 2.17 bits per heavy atom. The molecule has 1 saturated heterocycles. The number of aromatic amines is 1. The van der Waals surface area contributed by atoms with Gasteiger partial charge >= 0.3 is 0 Å². The summed E-state index contributed by atoms with van der Waals surface area (Å²) < 4.78 is 0. The highest BCUT2D eigenvalue weighted by Crippen LogP contribution is 2.26. The van der Waals surface area contributed by atoms with Gasteiger partial charge in [0, 0.05) is 0 Å². The van der Waals surface area contributed by atoms with Crippen LogP contribution in [0.4, 0.5) is 0 Å². The zero-order valence-electron chi connectivity index (χ0n) is 13.2. The highest BCUT2D eigenvalue weighted by Gasteiger charge is 2.19. The van der Waals surface area contributed by atoms with E-state index in [1.165, 1.54) is 29.5 Å². The van der Waals surface area contributed by atoms with Gasteiger partial charge in [-0.2, -0.15) is 0 Å². The fourth-order valence-electron chi connectivity index (χ4n) is 3.05. The van der Waals surface area contributed by atoms with Crippen molar-refractivity contribution in [2.45, 2.75) is 18.9 Å². The second-order valence-corrected chi connectivity index (χ2v) is 5.77. The summed E-state index contributed by atoms with van der Waals surface area (Å²) in [7, 11) is 0. The van der Waals surface area contributed by atoms with Crippen LogP contribution in [0.3, 0.4) is 0 Å². The van der Waals surface area contributed by atoms with Crippen LogP contribution < -0.4 is 5.32 Å². The van der Waals surface area contributed by atoms with Crippen molar-refractivity contribution < 1.29 is 0 Å². The van der Waals surface area contributed by atoms with E-state index in [1.54, 1.807) is 0 Å². The van der Waals surface area contributed by atoms with E-state index >= 15 is 0 Å². The molecule has 3 aromatic rings. The quantitative estimate of drug-likeness (QED) is 0.688. The fraction of sp³-hybridized carbons (Fsp3) is 0.211. The predicted octanol–water partition coefficient (Wildman–Crippen LogP) is 5.01. The molecule has 5 heteroatoms. The maximum atomic E-state index is 4.54. The zero-order chi connectivity index (χ0) is 14.8. The fourth-order valence-corrected chi connectivity index (χ4v) is 3.05. The number of halogens is 2. The van der Waals surface area contributed by atoms with Crippen LogP contribution in [-0.4, -0.2) is 16.5 Å². The molecule has 2 N–H and O–H groups in total. The first-order chi connectivity index (χ1) is 10.9. The van der Waals surface area contributed by atoms with E-state index in [1.807, 2.05) is 12.3 Å². The molecular formula is C19H21Cl2N3. The van der Waals surface area contributed by atoms with E-state index in [9.17, 15) is 0 Å². The summed E-state index contributed by atoms with van der Waals surface area (Å²) in [6, 6.07) is 19.5. The second kappa shape index (κ2) is 8.34. The Hall–Kier alpha value is -1.81. The Bertz CT molecular complexity index is 748. The molecule has 0 amide bonds. The van der Waals surface area contributed by atoms with Crippen LogP contribution in [0.15, 0.2) is 60.8 Å². The van der Waals surface area contributed by atoms with Gasteiger partial charge in [0.2, 0.25) is 0 Å². The van der Waals surface area contributed by atoms with Gasteiger partial charge in [-0.05, 0) is 36.1 Å². The maximum Gasteiger partial charge on any atom is 0.123 e. The lowest BCUT2D eigenvalue weighted by molar-refractivity contribution is 0.613. The molecule has 1 atom stereocenters. The molecule has 0 unspecified atom stereocenters. The van der Waals surface area contributed by atoms with Crippen LogP contribution in [-0.2, 0) is 0 Å². The minimum Gasteiger partial charge on any atom is -0.341 e. The van der Waals surface area contributed by atoms with Crippen LogP contribution in [0.2, 0.25) is 0 Å². The molecule has 24 heavy (non-hydrogen) atoms. The van der Waals surface area contributed by atoms with Crippen molar-refractivity contribution in [3.05, 3.63) is 66.6 Å². The number of nitrogens with zero attached hydrogens (tertiary/aromatic N) is 1. The van der Waals surface area contributed by atoms with Crippen LogP contribution >= 0.6 is 24.8 Å². The van der Waals surface area contributed by atoms with Crippen molar-refractivity contribution in [3.63, 3.8) is 0 Å². The van der Waals surface area contributed by atoms with Gasteiger partial charge in [0.05, 0.1) is 17.9 Å². The smallest absolute Gasteiger partial charge is 0.123 e. The molecular weight excluding hydrogens is 341 g/mol. The molecule has 126 valence electrons. The number of aromatic nitrogens is 2. The van der Waals surface area contributed by atoms with Crippen LogP contribution in [0.5, 0.6) is 0 Å². The Labute approximate surface area is 154 Å². The van der Waals surface area contributed by atoms with E-state index in [0.29, 0.717) is 6.04 Å². The number of H-pyrrole nitrogens is 1. The molecule has 4 rings (SSSR count).